The Morgan fingerprint density at radius 3 is 2.54 bits per heavy atom. The number of anilines is 1. The fourth-order valence-corrected chi connectivity index (χ4v) is 2.32. The lowest BCUT2D eigenvalue weighted by Crippen LogP contribution is -2.36. The molecule has 2 aromatic heterocycles. The van der Waals surface area contributed by atoms with Crippen LogP contribution < -0.4 is 15.4 Å². The van der Waals surface area contributed by atoms with Crippen molar-refractivity contribution >= 4 is 17.5 Å². The van der Waals surface area contributed by atoms with Gasteiger partial charge in [-0.25, -0.2) is 4.98 Å². The maximum atomic E-state index is 11.8. The summed E-state index contributed by atoms with van der Waals surface area (Å²) in [5.74, 6) is -0.994. The zero-order chi connectivity index (χ0) is 17.7. The molecule has 24 heavy (non-hydrogen) atoms. The van der Waals surface area contributed by atoms with E-state index in [0.717, 1.165) is 17.0 Å². The number of nitrogens with one attached hydrogen (secondary N) is 2. The van der Waals surface area contributed by atoms with E-state index in [2.05, 4.69) is 20.7 Å². The van der Waals surface area contributed by atoms with Gasteiger partial charge in [0.1, 0.15) is 0 Å². The van der Waals surface area contributed by atoms with E-state index in [0.29, 0.717) is 24.5 Å². The number of carbonyl (C=O) groups is 2. The number of carbonyl (C=O) groups excluding carboxylic acids is 2. The molecule has 2 amide bonds. The standard InChI is InChI=1S/C16H21N5O3/c1-10-13(11(2)21(3)20-10)7-8-17-15(22)16(23)19-12-5-6-14(24-4)18-9-12/h5-6,9H,7-8H2,1-4H3,(H,17,22)(H,19,23). The molecule has 0 aliphatic rings. The number of aromatic nitrogens is 3. The molecule has 2 N–H and O–H groups in total. The van der Waals surface area contributed by atoms with Gasteiger partial charge in [0, 0.05) is 25.4 Å². The van der Waals surface area contributed by atoms with E-state index in [1.165, 1.54) is 13.3 Å². The molecule has 128 valence electrons. The summed E-state index contributed by atoms with van der Waals surface area (Å²) in [6.45, 7) is 4.26. The summed E-state index contributed by atoms with van der Waals surface area (Å²) in [6.07, 6.45) is 2.04. The van der Waals surface area contributed by atoms with Gasteiger partial charge in [0.15, 0.2) is 0 Å². The number of amides is 2. The molecule has 0 aliphatic heterocycles. The van der Waals surface area contributed by atoms with E-state index in [1.807, 2.05) is 20.9 Å². The topological polar surface area (TPSA) is 98.1 Å². The summed E-state index contributed by atoms with van der Waals surface area (Å²) >= 11 is 0. The largest absolute Gasteiger partial charge is 0.481 e. The molecule has 0 unspecified atom stereocenters. The highest BCUT2D eigenvalue weighted by Gasteiger charge is 2.15. The summed E-state index contributed by atoms with van der Waals surface area (Å²) in [6, 6.07) is 3.21. The van der Waals surface area contributed by atoms with Crippen molar-refractivity contribution in [2.24, 2.45) is 7.05 Å². The third kappa shape index (κ3) is 4.09. The molecule has 0 saturated carbocycles. The van der Waals surface area contributed by atoms with E-state index in [-0.39, 0.29) is 0 Å². The Kier molecular flexibility index (Phi) is 5.51. The molecule has 0 aliphatic carbocycles. The molecule has 2 heterocycles. The summed E-state index contributed by atoms with van der Waals surface area (Å²) in [5, 5.41) is 9.41. The summed E-state index contributed by atoms with van der Waals surface area (Å²) < 4.78 is 6.73. The van der Waals surface area contributed by atoms with Crippen LogP contribution in [0.4, 0.5) is 5.69 Å². The van der Waals surface area contributed by atoms with Crippen LogP contribution in [0, 0.1) is 13.8 Å². The number of rotatable bonds is 5. The van der Waals surface area contributed by atoms with Gasteiger partial charge in [-0.15, -0.1) is 0 Å². The van der Waals surface area contributed by atoms with Crippen LogP contribution in [0.5, 0.6) is 5.88 Å². The van der Waals surface area contributed by atoms with Crippen LogP contribution in [-0.4, -0.2) is 40.2 Å². The minimum atomic E-state index is -0.735. The quantitative estimate of drug-likeness (QED) is 0.788. The van der Waals surface area contributed by atoms with Gasteiger partial charge in [0.2, 0.25) is 5.88 Å². The first-order valence-corrected chi connectivity index (χ1v) is 7.50. The molecular weight excluding hydrogens is 310 g/mol. The molecule has 0 radical (unpaired) electrons. The summed E-state index contributed by atoms with van der Waals surface area (Å²) in [5.41, 5.74) is 3.49. The van der Waals surface area contributed by atoms with Crippen LogP contribution in [0.1, 0.15) is 17.0 Å². The summed E-state index contributed by atoms with van der Waals surface area (Å²) in [7, 11) is 3.38. The number of ether oxygens (including phenoxy) is 1. The lowest BCUT2D eigenvalue weighted by molar-refractivity contribution is -0.136. The van der Waals surface area contributed by atoms with Gasteiger partial charge in [0.25, 0.3) is 0 Å². The Bertz CT molecular complexity index is 737. The maximum absolute atomic E-state index is 11.8. The van der Waals surface area contributed by atoms with Gasteiger partial charge >= 0.3 is 11.8 Å². The average molecular weight is 331 g/mol. The van der Waals surface area contributed by atoms with Crippen molar-refractivity contribution in [1.29, 1.82) is 0 Å². The lowest BCUT2D eigenvalue weighted by Gasteiger charge is -2.07. The highest BCUT2D eigenvalue weighted by molar-refractivity contribution is 6.39. The van der Waals surface area contributed by atoms with Crippen molar-refractivity contribution in [2.45, 2.75) is 20.3 Å². The van der Waals surface area contributed by atoms with Gasteiger partial charge in [-0.2, -0.15) is 5.10 Å². The molecule has 0 fully saturated rings. The molecule has 0 bridgehead atoms. The van der Waals surface area contributed by atoms with Crippen LogP contribution in [0.2, 0.25) is 0 Å². The van der Waals surface area contributed by atoms with Crippen LogP contribution in [-0.2, 0) is 23.1 Å². The van der Waals surface area contributed by atoms with E-state index in [1.54, 1.807) is 16.8 Å². The third-order valence-corrected chi connectivity index (χ3v) is 3.73. The third-order valence-electron chi connectivity index (χ3n) is 3.73. The van der Waals surface area contributed by atoms with E-state index >= 15 is 0 Å². The van der Waals surface area contributed by atoms with E-state index < -0.39 is 11.8 Å². The van der Waals surface area contributed by atoms with Crippen LogP contribution >= 0.6 is 0 Å². The molecule has 0 saturated heterocycles. The second-order valence-electron chi connectivity index (χ2n) is 5.32. The fraction of sp³-hybridized carbons (Fsp3) is 0.375. The minimum absolute atomic E-state index is 0.362. The van der Waals surface area contributed by atoms with Crippen molar-refractivity contribution in [3.8, 4) is 5.88 Å². The van der Waals surface area contributed by atoms with Crippen molar-refractivity contribution in [3.05, 3.63) is 35.3 Å². The molecule has 2 rings (SSSR count). The minimum Gasteiger partial charge on any atom is -0.481 e. The number of hydrogen-bond acceptors (Lipinski definition) is 5. The van der Waals surface area contributed by atoms with Crippen molar-refractivity contribution in [2.75, 3.05) is 19.0 Å². The Hall–Kier alpha value is -2.90. The van der Waals surface area contributed by atoms with Crippen LogP contribution in [0.25, 0.3) is 0 Å². The number of methoxy groups -OCH3 is 1. The first kappa shape index (κ1) is 17.5. The number of hydrogen-bond donors (Lipinski definition) is 2. The maximum Gasteiger partial charge on any atom is 0.313 e. The second kappa shape index (κ2) is 7.58. The highest BCUT2D eigenvalue weighted by atomic mass is 16.5. The average Bonchev–Trinajstić information content (AvgIpc) is 2.81. The number of nitrogens with zero attached hydrogens (tertiary/aromatic N) is 3. The highest BCUT2D eigenvalue weighted by Crippen LogP contribution is 2.12. The van der Waals surface area contributed by atoms with E-state index in [9.17, 15) is 9.59 Å². The van der Waals surface area contributed by atoms with Gasteiger partial charge in [-0.1, -0.05) is 0 Å². The van der Waals surface area contributed by atoms with Crippen LogP contribution in [0.3, 0.4) is 0 Å². The fourth-order valence-electron chi connectivity index (χ4n) is 2.32. The van der Waals surface area contributed by atoms with Crippen molar-refractivity contribution in [3.63, 3.8) is 0 Å². The predicted molar refractivity (Wildman–Crippen MR) is 88.8 cm³/mol. The molecular formula is C16H21N5O3. The molecule has 8 nitrogen and oxygen atoms in total. The SMILES string of the molecule is COc1ccc(NC(=O)C(=O)NCCc2c(C)nn(C)c2C)cn1. The molecule has 0 spiro atoms. The Balaban J connectivity index is 1.84. The number of aryl methyl sites for hydroxylation is 2. The summed E-state index contributed by atoms with van der Waals surface area (Å²) in [4.78, 5) is 27.7. The Morgan fingerprint density at radius 1 is 1.25 bits per heavy atom. The molecule has 0 atom stereocenters. The number of pyridine rings is 1. The Labute approximate surface area is 140 Å². The smallest absolute Gasteiger partial charge is 0.313 e. The van der Waals surface area contributed by atoms with Crippen LogP contribution in [0.15, 0.2) is 18.3 Å². The molecule has 2 aromatic rings. The van der Waals surface area contributed by atoms with Crippen molar-refractivity contribution < 1.29 is 14.3 Å². The lowest BCUT2D eigenvalue weighted by atomic mass is 10.1. The monoisotopic (exact) mass is 331 g/mol. The first-order chi connectivity index (χ1) is 11.4. The van der Waals surface area contributed by atoms with Gasteiger partial charge in [-0.05, 0) is 31.9 Å². The van der Waals surface area contributed by atoms with Gasteiger partial charge in [-0.3, -0.25) is 14.3 Å². The predicted octanol–water partition coefficient (Wildman–Crippen LogP) is 0.738. The Morgan fingerprint density at radius 2 is 2.00 bits per heavy atom. The second-order valence-corrected chi connectivity index (χ2v) is 5.32. The normalized spacial score (nSPS) is 10.3. The van der Waals surface area contributed by atoms with Gasteiger partial charge < -0.3 is 15.4 Å². The zero-order valence-corrected chi connectivity index (χ0v) is 14.2. The zero-order valence-electron chi connectivity index (χ0n) is 14.2. The molecule has 8 heteroatoms. The van der Waals surface area contributed by atoms with E-state index in [4.69, 9.17) is 4.74 Å². The van der Waals surface area contributed by atoms with Crippen molar-refractivity contribution in [1.82, 2.24) is 20.1 Å². The van der Waals surface area contributed by atoms with Gasteiger partial charge in [0.05, 0.1) is 24.7 Å². The first-order valence-electron chi connectivity index (χ1n) is 7.50. The molecule has 0 aromatic carbocycles.